The lowest BCUT2D eigenvalue weighted by molar-refractivity contribution is -0.131. The second-order valence-corrected chi connectivity index (χ2v) is 6.29. The van der Waals surface area contributed by atoms with Gasteiger partial charge in [0.15, 0.2) is 0 Å². The molecule has 0 atom stereocenters. The van der Waals surface area contributed by atoms with Crippen molar-refractivity contribution in [1.82, 2.24) is 0 Å². The highest BCUT2D eigenvalue weighted by atomic mass is 16.4. The van der Waals surface area contributed by atoms with Gasteiger partial charge in [-0.05, 0) is 56.5 Å². The van der Waals surface area contributed by atoms with Crippen LogP contribution in [0.1, 0.15) is 60.7 Å². The molecule has 0 spiro atoms. The lowest BCUT2D eigenvalue weighted by Gasteiger charge is -2.32. The summed E-state index contributed by atoms with van der Waals surface area (Å²) in [5.41, 5.74) is 2.79. The second kappa shape index (κ2) is 7.98. The quantitative estimate of drug-likeness (QED) is 0.530. The Kier molecular flexibility index (Phi) is 4.24. The van der Waals surface area contributed by atoms with E-state index in [-0.39, 0.29) is 5.41 Å². The van der Waals surface area contributed by atoms with Gasteiger partial charge in [0.2, 0.25) is 0 Å². The Balaban J connectivity index is 3.16. The van der Waals surface area contributed by atoms with Gasteiger partial charge in [-0.2, -0.15) is 0 Å². The van der Waals surface area contributed by atoms with Crippen LogP contribution >= 0.6 is 0 Å². The molecule has 1 rings (SSSR count). The Hall–Kier alpha value is -1.83. The number of allylic oxidation sites excluding steroid dienone is 9. The largest absolute Gasteiger partial charge is 0.478 e. The van der Waals surface area contributed by atoms with Crippen LogP contribution in [0.5, 0.6) is 0 Å². The number of rotatable bonds is 5. The van der Waals surface area contributed by atoms with Crippen molar-refractivity contribution in [3.05, 3.63) is 58.7 Å². The molecule has 0 heterocycles. The maximum absolute atomic E-state index is 11.0. The molecule has 0 unspecified atom stereocenters. The number of hydrogen-bond donors (Lipinski definition) is 1. The number of carboxylic acid groups (broad SMARTS) is 1. The molecule has 0 amide bonds. The first-order valence-electron chi connectivity index (χ1n) is 9.96. The van der Waals surface area contributed by atoms with E-state index in [1.165, 1.54) is 23.6 Å². The van der Waals surface area contributed by atoms with Crippen LogP contribution in [0, 0.1) is 5.41 Å². The average molecular weight is 305 g/mol. The zero-order chi connectivity index (χ0) is 21.0. The molecule has 2 nitrogen and oxygen atoms in total. The monoisotopic (exact) mass is 305 g/mol. The third kappa shape index (κ3) is 5.88. The number of carboxylic acids is 1. The minimum atomic E-state index is -2.84. The van der Waals surface area contributed by atoms with E-state index in [0.29, 0.717) is 0 Å². The van der Waals surface area contributed by atoms with Crippen molar-refractivity contribution < 1.29 is 16.8 Å². The van der Waals surface area contributed by atoms with Gasteiger partial charge in [0.05, 0.1) is 2.74 Å². The fourth-order valence-corrected chi connectivity index (χ4v) is 2.68. The van der Waals surface area contributed by atoms with Gasteiger partial charge >= 0.3 is 5.97 Å². The first kappa shape index (κ1) is 11.7. The van der Waals surface area contributed by atoms with Crippen LogP contribution in [0.4, 0.5) is 0 Å². The minimum Gasteiger partial charge on any atom is -0.478 e. The molecule has 0 aromatic rings. The van der Waals surface area contributed by atoms with Crippen LogP contribution in [0.3, 0.4) is 0 Å². The molecule has 0 bridgehead atoms. The Morgan fingerprint density at radius 2 is 2.14 bits per heavy atom. The van der Waals surface area contributed by atoms with Crippen molar-refractivity contribution in [2.45, 2.75) is 53.8 Å². The van der Waals surface area contributed by atoms with Gasteiger partial charge in [-0.1, -0.05) is 55.3 Å². The maximum Gasteiger partial charge on any atom is 0.328 e. The molecular formula is C20H28O2. The van der Waals surface area contributed by atoms with E-state index in [9.17, 15) is 4.79 Å². The zero-order valence-electron chi connectivity index (χ0n) is 18.8. The standard InChI is InChI=1S/C20H28O2/c1-15(8-6-9-16(2)14-19(21)22)11-12-18-17(3)10-7-13-20(18,4)5/h6,8-9,11-12,14H,7,10,13H2,1-5H3,(H,21,22)/b9-6+,12-11+,15-8+,16-14-/i2D3,9D,14D. The van der Waals surface area contributed by atoms with Crippen LogP contribution in [-0.4, -0.2) is 11.1 Å². The van der Waals surface area contributed by atoms with E-state index in [0.717, 1.165) is 18.4 Å². The summed E-state index contributed by atoms with van der Waals surface area (Å²) in [7, 11) is 0. The lowest BCUT2D eigenvalue weighted by Crippen LogP contribution is -2.19. The molecule has 120 valence electrons. The summed E-state index contributed by atoms with van der Waals surface area (Å²) in [6.07, 6.45) is 10.1. The Morgan fingerprint density at radius 1 is 1.41 bits per heavy atom. The first-order chi connectivity index (χ1) is 12.3. The highest BCUT2D eigenvalue weighted by Gasteiger charge is 2.26. The summed E-state index contributed by atoms with van der Waals surface area (Å²) in [5.74, 6) is -1.66. The molecule has 1 aliphatic rings. The predicted molar refractivity (Wildman–Crippen MR) is 93.8 cm³/mol. The van der Waals surface area contributed by atoms with Gasteiger partial charge < -0.3 is 5.11 Å². The van der Waals surface area contributed by atoms with Crippen LogP contribution in [0.25, 0.3) is 0 Å². The number of carbonyl (C=O) groups is 1. The van der Waals surface area contributed by atoms with Gasteiger partial charge in [-0.3, -0.25) is 0 Å². The smallest absolute Gasteiger partial charge is 0.328 e. The van der Waals surface area contributed by atoms with Crippen molar-refractivity contribution in [2.24, 2.45) is 5.41 Å². The summed E-state index contributed by atoms with van der Waals surface area (Å²) in [6, 6.07) is -1.58. The summed E-state index contributed by atoms with van der Waals surface area (Å²) < 4.78 is 37.6. The Labute approximate surface area is 141 Å². The summed E-state index contributed by atoms with van der Waals surface area (Å²) in [5, 5.41) is 8.91. The normalized spacial score (nSPS) is 25.0. The summed E-state index contributed by atoms with van der Waals surface area (Å²) >= 11 is 0. The van der Waals surface area contributed by atoms with Crippen molar-refractivity contribution in [3.63, 3.8) is 0 Å². The second-order valence-electron chi connectivity index (χ2n) is 6.29. The Morgan fingerprint density at radius 3 is 2.73 bits per heavy atom. The molecule has 0 saturated carbocycles. The van der Waals surface area contributed by atoms with Crippen LogP contribution in [0.15, 0.2) is 58.7 Å². The summed E-state index contributed by atoms with van der Waals surface area (Å²) in [6.45, 7) is 5.55. The van der Waals surface area contributed by atoms with Gasteiger partial charge in [0, 0.05) is 10.2 Å². The minimum absolute atomic E-state index is 0.105. The average Bonchev–Trinajstić information content (AvgIpc) is 2.50. The molecule has 0 aliphatic heterocycles. The topological polar surface area (TPSA) is 37.3 Å². The molecule has 0 fully saturated rings. The Bertz CT molecular complexity index is 747. The van der Waals surface area contributed by atoms with Gasteiger partial charge in [0.1, 0.15) is 0 Å². The van der Waals surface area contributed by atoms with Gasteiger partial charge in [0.25, 0.3) is 0 Å². The summed E-state index contributed by atoms with van der Waals surface area (Å²) in [4.78, 5) is 11.0. The zero-order valence-corrected chi connectivity index (χ0v) is 13.8. The van der Waals surface area contributed by atoms with Crippen molar-refractivity contribution in [2.75, 3.05) is 0 Å². The molecular weight excluding hydrogens is 272 g/mol. The van der Waals surface area contributed by atoms with Crippen LogP contribution < -0.4 is 0 Å². The van der Waals surface area contributed by atoms with E-state index in [1.54, 1.807) is 6.08 Å². The third-order valence-electron chi connectivity index (χ3n) is 3.86. The van der Waals surface area contributed by atoms with E-state index >= 15 is 0 Å². The molecule has 0 aromatic carbocycles. The van der Waals surface area contributed by atoms with Crippen molar-refractivity contribution in [3.8, 4) is 0 Å². The third-order valence-corrected chi connectivity index (χ3v) is 3.86. The van der Waals surface area contributed by atoms with Gasteiger partial charge in [-0.25, -0.2) is 4.79 Å². The molecule has 0 radical (unpaired) electrons. The fraction of sp³-hybridized carbons (Fsp3) is 0.450. The molecule has 2 heteroatoms. The van der Waals surface area contributed by atoms with E-state index in [4.69, 9.17) is 12.0 Å². The number of aliphatic carboxylic acids is 1. The van der Waals surface area contributed by atoms with Crippen LogP contribution in [0.2, 0.25) is 0 Å². The first-order valence-corrected chi connectivity index (χ1v) is 7.46. The highest BCUT2D eigenvalue weighted by Crippen LogP contribution is 2.40. The molecule has 22 heavy (non-hydrogen) atoms. The number of hydrogen-bond acceptors (Lipinski definition) is 1. The highest BCUT2D eigenvalue weighted by molar-refractivity contribution is 5.81. The maximum atomic E-state index is 11.0. The molecule has 1 N–H and O–H groups in total. The van der Waals surface area contributed by atoms with Crippen molar-refractivity contribution >= 4 is 5.97 Å². The van der Waals surface area contributed by atoms with E-state index in [2.05, 4.69) is 26.8 Å². The molecule has 0 saturated heterocycles. The van der Waals surface area contributed by atoms with Crippen molar-refractivity contribution in [1.29, 1.82) is 0 Å². The fourth-order valence-electron chi connectivity index (χ4n) is 2.68. The molecule has 1 aliphatic carbocycles. The predicted octanol–water partition coefficient (Wildman–Crippen LogP) is 5.60. The molecule has 0 aromatic heterocycles. The van der Waals surface area contributed by atoms with Gasteiger partial charge in [-0.15, -0.1) is 0 Å². The van der Waals surface area contributed by atoms with Crippen LogP contribution in [-0.2, 0) is 4.79 Å². The van der Waals surface area contributed by atoms with E-state index in [1.807, 2.05) is 13.0 Å². The lowest BCUT2D eigenvalue weighted by atomic mass is 9.72. The van der Waals surface area contributed by atoms with E-state index < -0.39 is 30.5 Å². The SMILES string of the molecule is [2H]/C(C(=O)O)=C(/C([2H])=C/C=C(C)/C=C/C1=C(C)CCCC1(C)C)C([2H])([2H])[2H].